The Morgan fingerprint density at radius 3 is 2.44 bits per heavy atom. The molecule has 0 radical (unpaired) electrons. The van der Waals surface area contributed by atoms with Crippen LogP contribution < -0.4 is 5.73 Å². The van der Waals surface area contributed by atoms with E-state index >= 15 is 0 Å². The monoisotopic (exact) mass is 144 g/mol. The molecule has 0 rings (SSSR count). The summed E-state index contributed by atoms with van der Waals surface area (Å²) in [6, 6.07) is 0. The van der Waals surface area contributed by atoms with Crippen LogP contribution in [0.4, 0.5) is 0 Å². The van der Waals surface area contributed by atoms with Gasteiger partial charge < -0.3 is 5.73 Å². The maximum atomic E-state index is 5.49. The summed E-state index contributed by atoms with van der Waals surface area (Å²) >= 11 is 3.69. The van der Waals surface area contributed by atoms with Crippen molar-refractivity contribution < 1.29 is 0 Å². The van der Waals surface area contributed by atoms with E-state index in [9.17, 15) is 0 Å². The zero-order chi connectivity index (χ0) is 7.28. The first-order valence-corrected chi connectivity index (χ1v) is 3.25. The molecule has 0 bridgehead atoms. The number of nitrogens with two attached hydrogens (primary N) is 1. The molecule has 9 heavy (non-hydrogen) atoms. The minimum absolute atomic E-state index is 0.815. The van der Waals surface area contributed by atoms with Gasteiger partial charge in [-0.2, -0.15) is 0 Å². The highest BCUT2D eigenvalue weighted by molar-refractivity contribution is 7.78. The second kappa shape index (κ2) is 4.44. The van der Waals surface area contributed by atoms with Crippen LogP contribution in [0.5, 0.6) is 0 Å². The standard InChI is InChI=1S/C6H12N2S/c1-3-6(4-8-9)5(2)7/h4,9H,3,7H2,1-2H3. The average molecular weight is 144 g/mol. The summed E-state index contributed by atoms with van der Waals surface area (Å²) in [6.07, 6.45) is 2.57. The molecule has 0 aromatic rings. The van der Waals surface area contributed by atoms with Gasteiger partial charge in [-0.05, 0) is 31.7 Å². The molecule has 0 aliphatic carbocycles. The van der Waals surface area contributed by atoms with E-state index in [4.69, 9.17) is 5.73 Å². The molecule has 52 valence electrons. The topological polar surface area (TPSA) is 38.4 Å². The van der Waals surface area contributed by atoms with Gasteiger partial charge in [-0.1, -0.05) is 6.92 Å². The summed E-state index contributed by atoms with van der Waals surface area (Å²) in [4.78, 5) is 0. The predicted molar refractivity (Wildman–Crippen MR) is 44.7 cm³/mol. The smallest absolute Gasteiger partial charge is 0.0397 e. The summed E-state index contributed by atoms with van der Waals surface area (Å²) < 4.78 is 3.56. The van der Waals surface area contributed by atoms with E-state index in [1.54, 1.807) is 6.21 Å². The zero-order valence-corrected chi connectivity index (χ0v) is 6.65. The first-order chi connectivity index (χ1) is 4.22. The van der Waals surface area contributed by atoms with E-state index in [-0.39, 0.29) is 0 Å². The lowest BCUT2D eigenvalue weighted by Crippen LogP contribution is -1.97. The molecule has 0 aromatic heterocycles. The van der Waals surface area contributed by atoms with Gasteiger partial charge in [0, 0.05) is 11.9 Å². The Bertz CT molecular complexity index is 134. The quantitative estimate of drug-likeness (QED) is 0.448. The van der Waals surface area contributed by atoms with E-state index in [0.29, 0.717) is 0 Å². The lowest BCUT2D eigenvalue weighted by atomic mass is 10.2. The summed E-state index contributed by atoms with van der Waals surface area (Å²) in [5.41, 5.74) is 7.35. The molecule has 0 aliphatic rings. The minimum atomic E-state index is 0.815. The molecule has 0 saturated carbocycles. The number of nitrogens with zero attached hydrogens (tertiary/aromatic N) is 1. The van der Waals surface area contributed by atoms with Crippen LogP contribution in [0.25, 0.3) is 0 Å². The molecule has 3 heteroatoms. The largest absolute Gasteiger partial charge is 0.402 e. The van der Waals surface area contributed by atoms with Gasteiger partial charge in [0.15, 0.2) is 0 Å². The van der Waals surface area contributed by atoms with E-state index in [1.807, 2.05) is 13.8 Å². The number of rotatable bonds is 2. The molecule has 0 saturated heterocycles. The second-order valence-corrected chi connectivity index (χ2v) is 2.04. The van der Waals surface area contributed by atoms with Gasteiger partial charge in [0.1, 0.15) is 0 Å². The van der Waals surface area contributed by atoms with E-state index in [2.05, 4.69) is 17.2 Å². The lowest BCUT2D eigenvalue weighted by Gasteiger charge is -1.96. The number of allylic oxidation sites excluding steroid dienone is 2. The molecule has 0 spiro atoms. The van der Waals surface area contributed by atoms with Crippen LogP contribution in [0.2, 0.25) is 0 Å². The molecule has 0 amide bonds. The van der Waals surface area contributed by atoms with Crippen molar-refractivity contribution in [1.82, 2.24) is 0 Å². The molecule has 2 N–H and O–H groups in total. The summed E-state index contributed by atoms with van der Waals surface area (Å²) in [5.74, 6) is 0. The Kier molecular flexibility index (Phi) is 4.22. The van der Waals surface area contributed by atoms with Crippen molar-refractivity contribution in [2.45, 2.75) is 20.3 Å². The number of thiol groups is 1. The van der Waals surface area contributed by atoms with Gasteiger partial charge in [0.25, 0.3) is 0 Å². The first kappa shape index (κ1) is 8.56. The Labute approximate surface area is 61.4 Å². The number of hydrogen-bond acceptors (Lipinski definition) is 3. The van der Waals surface area contributed by atoms with Crippen molar-refractivity contribution in [1.29, 1.82) is 0 Å². The van der Waals surface area contributed by atoms with Crippen LogP contribution in [0, 0.1) is 0 Å². The zero-order valence-electron chi connectivity index (χ0n) is 5.76. The van der Waals surface area contributed by atoms with Gasteiger partial charge in [-0.15, -0.1) is 0 Å². The van der Waals surface area contributed by atoms with E-state index < -0.39 is 0 Å². The lowest BCUT2D eigenvalue weighted by molar-refractivity contribution is 1.11. The fourth-order valence-corrected chi connectivity index (χ4v) is 0.681. The molecule has 0 fully saturated rings. The van der Waals surface area contributed by atoms with E-state index in [0.717, 1.165) is 17.7 Å². The normalized spacial score (nSPS) is 14.1. The van der Waals surface area contributed by atoms with E-state index in [1.165, 1.54) is 0 Å². The maximum absolute atomic E-state index is 5.49. The highest BCUT2D eigenvalue weighted by Crippen LogP contribution is 2.00. The van der Waals surface area contributed by atoms with Crippen LogP contribution in [-0.4, -0.2) is 6.21 Å². The van der Waals surface area contributed by atoms with Gasteiger partial charge in [-0.3, -0.25) is 0 Å². The van der Waals surface area contributed by atoms with Crippen LogP contribution in [0.15, 0.2) is 15.7 Å². The third kappa shape index (κ3) is 3.19. The summed E-state index contributed by atoms with van der Waals surface area (Å²) in [7, 11) is 0. The van der Waals surface area contributed by atoms with Crippen molar-refractivity contribution in [3.05, 3.63) is 11.3 Å². The van der Waals surface area contributed by atoms with Crippen LogP contribution in [0.3, 0.4) is 0 Å². The third-order valence-electron chi connectivity index (χ3n) is 1.10. The summed E-state index contributed by atoms with van der Waals surface area (Å²) in [5, 5.41) is 0. The molecule has 0 unspecified atom stereocenters. The Balaban J connectivity index is 4.16. The molecular formula is C6H12N2S. The molecule has 0 aromatic carbocycles. The SMILES string of the molecule is CCC(C=NS)=C(C)N. The Morgan fingerprint density at radius 2 is 2.33 bits per heavy atom. The molecule has 2 nitrogen and oxygen atoms in total. The predicted octanol–water partition coefficient (Wildman–Crippen LogP) is 1.54. The minimum Gasteiger partial charge on any atom is -0.402 e. The number of hydrogen-bond donors (Lipinski definition) is 2. The van der Waals surface area contributed by atoms with Crippen molar-refractivity contribution in [2.24, 2.45) is 10.1 Å². The van der Waals surface area contributed by atoms with Crippen molar-refractivity contribution in [3.63, 3.8) is 0 Å². The molecule has 0 atom stereocenters. The summed E-state index contributed by atoms with van der Waals surface area (Å²) in [6.45, 7) is 3.88. The fourth-order valence-electron chi connectivity index (χ4n) is 0.542. The van der Waals surface area contributed by atoms with Crippen molar-refractivity contribution >= 4 is 19.0 Å². The highest BCUT2D eigenvalue weighted by atomic mass is 32.1. The van der Waals surface area contributed by atoms with Gasteiger partial charge >= 0.3 is 0 Å². The van der Waals surface area contributed by atoms with Crippen molar-refractivity contribution in [3.8, 4) is 0 Å². The molecule has 0 aliphatic heterocycles. The second-order valence-electron chi connectivity index (χ2n) is 1.81. The Morgan fingerprint density at radius 1 is 1.78 bits per heavy atom. The third-order valence-corrected chi connectivity index (χ3v) is 1.22. The molecular weight excluding hydrogens is 132 g/mol. The van der Waals surface area contributed by atoms with Crippen LogP contribution in [0.1, 0.15) is 20.3 Å². The molecule has 0 heterocycles. The van der Waals surface area contributed by atoms with Crippen LogP contribution >= 0.6 is 12.8 Å². The highest BCUT2D eigenvalue weighted by Gasteiger charge is 1.90. The van der Waals surface area contributed by atoms with Gasteiger partial charge in [0.05, 0.1) is 0 Å². The van der Waals surface area contributed by atoms with Gasteiger partial charge in [0.2, 0.25) is 0 Å². The fraction of sp³-hybridized carbons (Fsp3) is 0.500. The van der Waals surface area contributed by atoms with Gasteiger partial charge in [-0.25, -0.2) is 4.40 Å². The first-order valence-electron chi connectivity index (χ1n) is 2.85. The van der Waals surface area contributed by atoms with Crippen LogP contribution in [-0.2, 0) is 0 Å². The van der Waals surface area contributed by atoms with Crippen molar-refractivity contribution in [2.75, 3.05) is 0 Å². The Hall–Kier alpha value is -0.440. The average Bonchev–Trinajstić information content (AvgIpc) is 1.82. The maximum Gasteiger partial charge on any atom is 0.0397 e.